The molecule has 1 N–H and O–H groups in total. The highest BCUT2D eigenvalue weighted by Crippen LogP contribution is 2.24. The number of carbonyl (C=O) groups is 1. The van der Waals surface area contributed by atoms with Gasteiger partial charge in [0, 0.05) is 5.92 Å². The molecule has 1 amide bonds. The maximum absolute atomic E-state index is 11.7. The summed E-state index contributed by atoms with van der Waals surface area (Å²) in [4.78, 5) is 11.0. The molecule has 1 aliphatic carbocycles. The zero-order valence-electron chi connectivity index (χ0n) is 7.16. The van der Waals surface area contributed by atoms with E-state index in [2.05, 4.69) is 0 Å². The fourth-order valence-electron chi connectivity index (χ4n) is 1.61. The molecule has 0 saturated heterocycles. The van der Waals surface area contributed by atoms with Crippen molar-refractivity contribution in [2.45, 2.75) is 38.4 Å². The van der Waals surface area contributed by atoms with Crippen molar-refractivity contribution < 1.29 is 18.0 Å². The van der Waals surface area contributed by atoms with E-state index in [-0.39, 0.29) is 0 Å². The highest BCUT2D eigenvalue weighted by molar-refractivity contribution is 5.78. The van der Waals surface area contributed by atoms with Gasteiger partial charge in [-0.3, -0.25) is 10.1 Å². The van der Waals surface area contributed by atoms with Crippen molar-refractivity contribution in [2.75, 3.05) is 0 Å². The highest BCUT2D eigenvalue weighted by Gasteiger charge is 2.33. The van der Waals surface area contributed by atoms with Gasteiger partial charge >= 0.3 is 6.30 Å². The Kier molecular flexibility index (Phi) is 3.17. The number of nitrogens with one attached hydrogen (secondary N) is 1. The van der Waals surface area contributed by atoms with Crippen molar-refractivity contribution in [2.24, 2.45) is 5.92 Å². The van der Waals surface area contributed by atoms with Crippen LogP contribution in [-0.2, 0) is 4.79 Å². The van der Waals surface area contributed by atoms with E-state index in [0.717, 1.165) is 24.6 Å². The fraction of sp³-hybridized carbons (Fsp3) is 0.875. The van der Waals surface area contributed by atoms with E-state index in [0.29, 0.717) is 12.8 Å². The van der Waals surface area contributed by atoms with Crippen molar-refractivity contribution in [1.29, 1.82) is 0 Å². The van der Waals surface area contributed by atoms with Crippen LogP contribution in [0.1, 0.15) is 32.1 Å². The Morgan fingerprint density at radius 3 is 2.15 bits per heavy atom. The number of carbonyl (C=O) groups excluding carboxylic acids is 1. The Morgan fingerprint density at radius 1 is 1.15 bits per heavy atom. The molecule has 0 radical (unpaired) electrons. The molecule has 76 valence electrons. The van der Waals surface area contributed by atoms with Gasteiger partial charge in [-0.25, -0.2) is 0 Å². The molecule has 0 bridgehead atoms. The topological polar surface area (TPSA) is 29.1 Å². The summed E-state index contributed by atoms with van der Waals surface area (Å²) in [7, 11) is 0. The van der Waals surface area contributed by atoms with E-state index < -0.39 is 18.1 Å². The van der Waals surface area contributed by atoms with Crippen LogP contribution in [0.25, 0.3) is 0 Å². The minimum absolute atomic E-state index is 0.435. The van der Waals surface area contributed by atoms with Crippen LogP contribution in [-0.4, -0.2) is 12.2 Å². The first-order valence-electron chi connectivity index (χ1n) is 4.38. The van der Waals surface area contributed by atoms with Gasteiger partial charge in [-0.15, -0.1) is 0 Å². The summed E-state index contributed by atoms with van der Waals surface area (Å²) in [6, 6.07) is 0. The molecule has 1 saturated carbocycles. The van der Waals surface area contributed by atoms with E-state index in [1.807, 2.05) is 0 Å². The second-order valence-corrected chi connectivity index (χ2v) is 3.32. The van der Waals surface area contributed by atoms with Crippen LogP contribution in [0.3, 0.4) is 0 Å². The zero-order valence-corrected chi connectivity index (χ0v) is 7.16. The van der Waals surface area contributed by atoms with E-state index in [4.69, 9.17) is 0 Å². The van der Waals surface area contributed by atoms with E-state index in [9.17, 15) is 18.0 Å². The summed E-state index contributed by atoms with van der Waals surface area (Å²) in [5, 5.41) is 1.05. The molecule has 0 atom stereocenters. The first kappa shape index (κ1) is 10.3. The summed E-state index contributed by atoms with van der Waals surface area (Å²) in [6.07, 6.45) is -0.667. The van der Waals surface area contributed by atoms with E-state index >= 15 is 0 Å². The predicted molar refractivity (Wildman–Crippen MR) is 40.8 cm³/mol. The van der Waals surface area contributed by atoms with Crippen LogP contribution in [0.2, 0.25) is 0 Å². The lowest BCUT2D eigenvalue weighted by Gasteiger charge is -2.21. The number of hydrogen-bond acceptors (Lipinski definition) is 1. The van der Waals surface area contributed by atoms with Crippen molar-refractivity contribution in [3.8, 4) is 0 Å². The third-order valence-corrected chi connectivity index (χ3v) is 2.24. The minimum atomic E-state index is -4.57. The molecule has 0 spiro atoms. The van der Waals surface area contributed by atoms with Crippen molar-refractivity contribution in [3.63, 3.8) is 0 Å². The molecule has 0 aromatic carbocycles. The van der Waals surface area contributed by atoms with Crippen LogP contribution in [0.15, 0.2) is 0 Å². The number of amides is 1. The molecule has 1 aliphatic rings. The number of alkyl halides is 3. The second kappa shape index (κ2) is 3.98. The fourth-order valence-corrected chi connectivity index (χ4v) is 1.61. The molecule has 2 nitrogen and oxygen atoms in total. The van der Waals surface area contributed by atoms with Gasteiger partial charge in [-0.05, 0) is 12.8 Å². The number of rotatable bonds is 1. The van der Waals surface area contributed by atoms with Gasteiger partial charge in [0.25, 0.3) is 0 Å². The van der Waals surface area contributed by atoms with Gasteiger partial charge in [-0.2, -0.15) is 13.2 Å². The zero-order chi connectivity index (χ0) is 9.90. The lowest BCUT2D eigenvalue weighted by molar-refractivity contribution is -0.172. The van der Waals surface area contributed by atoms with Crippen LogP contribution < -0.4 is 5.32 Å². The summed E-state index contributed by atoms with van der Waals surface area (Å²) < 4.78 is 35.2. The van der Waals surface area contributed by atoms with E-state index in [1.54, 1.807) is 0 Å². The first-order chi connectivity index (χ1) is 5.99. The molecule has 0 aromatic rings. The molecule has 5 heteroatoms. The molecule has 1 rings (SSSR count). The minimum Gasteiger partial charge on any atom is -0.275 e. The normalized spacial score (nSPS) is 19.9. The van der Waals surface area contributed by atoms with Gasteiger partial charge in [0.05, 0.1) is 0 Å². The maximum atomic E-state index is 11.7. The molecule has 0 aromatic heterocycles. The smallest absolute Gasteiger partial charge is 0.275 e. The summed E-state index contributed by atoms with van der Waals surface area (Å²) in [6.45, 7) is 0. The van der Waals surface area contributed by atoms with Gasteiger partial charge in [0.2, 0.25) is 5.91 Å². The SMILES string of the molecule is O=C(NC(F)(F)F)C1CCCCC1. The second-order valence-electron chi connectivity index (χ2n) is 3.32. The van der Waals surface area contributed by atoms with Gasteiger partial charge in [0.15, 0.2) is 0 Å². The van der Waals surface area contributed by atoms with Crippen LogP contribution in [0.5, 0.6) is 0 Å². The first-order valence-corrected chi connectivity index (χ1v) is 4.38. The molecule has 1 fully saturated rings. The average Bonchev–Trinajstić information content (AvgIpc) is 2.03. The lowest BCUT2D eigenvalue weighted by Crippen LogP contribution is -2.41. The van der Waals surface area contributed by atoms with Gasteiger partial charge < -0.3 is 0 Å². The lowest BCUT2D eigenvalue weighted by atomic mass is 9.89. The Morgan fingerprint density at radius 2 is 1.69 bits per heavy atom. The molecule has 0 aliphatic heterocycles. The monoisotopic (exact) mass is 195 g/mol. The Labute approximate surface area is 74.5 Å². The Bertz CT molecular complexity index is 184. The average molecular weight is 195 g/mol. The Hall–Kier alpha value is -0.740. The van der Waals surface area contributed by atoms with Crippen LogP contribution in [0.4, 0.5) is 13.2 Å². The van der Waals surface area contributed by atoms with Crippen molar-refractivity contribution in [1.82, 2.24) is 5.32 Å². The Balaban J connectivity index is 2.38. The molecule has 13 heavy (non-hydrogen) atoms. The number of halogens is 3. The summed E-state index contributed by atoms with van der Waals surface area (Å²) in [5.41, 5.74) is 0. The molecular formula is C8H12F3NO. The largest absolute Gasteiger partial charge is 0.484 e. The van der Waals surface area contributed by atoms with Crippen LogP contribution >= 0.6 is 0 Å². The van der Waals surface area contributed by atoms with Gasteiger partial charge in [-0.1, -0.05) is 19.3 Å². The van der Waals surface area contributed by atoms with Crippen LogP contribution in [0, 0.1) is 5.92 Å². The highest BCUT2D eigenvalue weighted by atomic mass is 19.4. The third-order valence-electron chi connectivity index (χ3n) is 2.24. The summed E-state index contributed by atoms with van der Waals surface area (Å²) >= 11 is 0. The maximum Gasteiger partial charge on any atom is 0.484 e. The predicted octanol–water partition coefficient (Wildman–Crippen LogP) is 2.20. The molecule has 0 unspecified atom stereocenters. The number of hydrogen-bond donors (Lipinski definition) is 1. The van der Waals surface area contributed by atoms with E-state index in [1.165, 1.54) is 0 Å². The molecule has 0 heterocycles. The van der Waals surface area contributed by atoms with Gasteiger partial charge in [0.1, 0.15) is 0 Å². The third kappa shape index (κ3) is 3.65. The van der Waals surface area contributed by atoms with Crippen molar-refractivity contribution >= 4 is 5.91 Å². The standard InChI is InChI=1S/C8H12F3NO/c9-8(10,11)12-7(13)6-4-2-1-3-5-6/h6H,1-5H2,(H,12,13). The quantitative estimate of drug-likeness (QED) is 0.638. The molecular weight excluding hydrogens is 183 g/mol. The summed E-state index contributed by atoms with van der Waals surface area (Å²) in [5.74, 6) is -1.30. The van der Waals surface area contributed by atoms with Crippen molar-refractivity contribution in [3.05, 3.63) is 0 Å².